The molecule has 0 fully saturated rings. The lowest BCUT2D eigenvalue weighted by atomic mass is 10.1. The van der Waals surface area contributed by atoms with Crippen molar-refractivity contribution in [3.8, 4) is 5.75 Å². The highest BCUT2D eigenvalue weighted by Gasteiger charge is 2.29. The topological polar surface area (TPSA) is 50.4 Å². The van der Waals surface area contributed by atoms with Gasteiger partial charge in [-0.25, -0.2) is 4.79 Å². The van der Waals surface area contributed by atoms with Crippen molar-refractivity contribution < 1.29 is 22.7 Å². The molecule has 0 saturated carbocycles. The minimum atomic E-state index is -4.39. The fourth-order valence-corrected chi connectivity index (χ4v) is 2.07. The predicted octanol–water partition coefficient (Wildman–Crippen LogP) is 4.08. The first-order chi connectivity index (χ1) is 11.4. The SMILES string of the molecule is COc1cccc(CCNC(=O)Nc2ccc(C(F)(F)F)cc2)c1. The van der Waals surface area contributed by atoms with Gasteiger partial charge in [0.2, 0.25) is 0 Å². The zero-order valence-corrected chi connectivity index (χ0v) is 13.0. The summed E-state index contributed by atoms with van der Waals surface area (Å²) in [5.74, 6) is 0.738. The van der Waals surface area contributed by atoms with E-state index in [0.717, 1.165) is 23.4 Å². The molecular weight excluding hydrogens is 321 g/mol. The number of rotatable bonds is 5. The Morgan fingerprint density at radius 2 is 1.83 bits per heavy atom. The van der Waals surface area contributed by atoms with Crippen LogP contribution in [0.5, 0.6) is 5.75 Å². The molecule has 0 aromatic heterocycles. The van der Waals surface area contributed by atoms with Crippen LogP contribution in [0.15, 0.2) is 48.5 Å². The Morgan fingerprint density at radius 3 is 2.46 bits per heavy atom. The van der Waals surface area contributed by atoms with Crippen molar-refractivity contribution in [1.29, 1.82) is 0 Å². The van der Waals surface area contributed by atoms with Crippen LogP contribution in [0.3, 0.4) is 0 Å². The monoisotopic (exact) mass is 338 g/mol. The van der Waals surface area contributed by atoms with E-state index in [-0.39, 0.29) is 0 Å². The first-order valence-corrected chi connectivity index (χ1v) is 7.23. The molecule has 128 valence electrons. The van der Waals surface area contributed by atoms with Crippen molar-refractivity contribution >= 4 is 11.7 Å². The third-order valence-electron chi connectivity index (χ3n) is 3.30. The maximum Gasteiger partial charge on any atom is 0.416 e. The number of anilines is 1. The number of amides is 2. The van der Waals surface area contributed by atoms with Crippen molar-refractivity contribution in [1.82, 2.24) is 5.32 Å². The van der Waals surface area contributed by atoms with Gasteiger partial charge >= 0.3 is 12.2 Å². The highest BCUT2D eigenvalue weighted by Crippen LogP contribution is 2.29. The van der Waals surface area contributed by atoms with Crippen LogP contribution in [0, 0.1) is 0 Å². The quantitative estimate of drug-likeness (QED) is 0.863. The molecule has 0 bridgehead atoms. The lowest BCUT2D eigenvalue weighted by Crippen LogP contribution is -2.30. The van der Waals surface area contributed by atoms with Crippen molar-refractivity contribution in [2.75, 3.05) is 19.0 Å². The van der Waals surface area contributed by atoms with E-state index in [1.807, 2.05) is 24.3 Å². The van der Waals surface area contributed by atoms with Gasteiger partial charge in [0.25, 0.3) is 0 Å². The molecule has 24 heavy (non-hydrogen) atoms. The Morgan fingerprint density at radius 1 is 1.12 bits per heavy atom. The van der Waals surface area contributed by atoms with Gasteiger partial charge in [0, 0.05) is 12.2 Å². The molecular formula is C17H17F3N2O2. The zero-order chi connectivity index (χ0) is 17.6. The summed E-state index contributed by atoms with van der Waals surface area (Å²) in [6, 6.07) is 11.3. The van der Waals surface area contributed by atoms with Crippen molar-refractivity contribution in [2.45, 2.75) is 12.6 Å². The molecule has 0 unspecified atom stereocenters. The van der Waals surface area contributed by atoms with Gasteiger partial charge in [-0.15, -0.1) is 0 Å². The number of benzene rings is 2. The van der Waals surface area contributed by atoms with E-state index < -0.39 is 17.8 Å². The number of methoxy groups -OCH3 is 1. The van der Waals surface area contributed by atoms with Gasteiger partial charge < -0.3 is 15.4 Å². The molecule has 0 spiro atoms. The number of nitrogens with one attached hydrogen (secondary N) is 2. The maximum atomic E-state index is 12.5. The molecule has 2 rings (SSSR count). The fraction of sp³-hybridized carbons (Fsp3) is 0.235. The maximum absolute atomic E-state index is 12.5. The van der Waals surface area contributed by atoms with E-state index in [2.05, 4.69) is 10.6 Å². The molecule has 2 aromatic carbocycles. The lowest BCUT2D eigenvalue weighted by molar-refractivity contribution is -0.137. The zero-order valence-electron chi connectivity index (χ0n) is 13.0. The second-order valence-corrected chi connectivity index (χ2v) is 5.06. The standard InChI is InChI=1S/C17H17F3N2O2/c1-24-15-4-2-3-12(11-15)9-10-21-16(23)22-14-7-5-13(6-8-14)17(18,19)20/h2-8,11H,9-10H2,1H3,(H2,21,22,23). The summed E-state index contributed by atoms with van der Waals surface area (Å²) in [7, 11) is 1.58. The highest BCUT2D eigenvalue weighted by atomic mass is 19.4. The second kappa shape index (κ2) is 7.72. The van der Waals surface area contributed by atoms with Gasteiger partial charge in [0.15, 0.2) is 0 Å². The average Bonchev–Trinajstić information content (AvgIpc) is 2.54. The first kappa shape index (κ1) is 17.7. The normalized spacial score (nSPS) is 11.0. The van der Waals surface area contributed by atoms with Crippen LogP contribution in [0.1, 0.15) is 11.1 Å². The molecule has 2 aromatic rings. The van der Waals surface area contributed by atoms with E-state index in [1.54, 1.807) is 7.11 Å². The number of hydrogen-bond acceptors (Lipinski definition) is 2. The van der Waals surface area contributed by atoms with Gasteiger partial charge in [-0.1, -0.05) is 12.1 Å². The first-order valence-electron chi connectivity index (χ1n) is 7.23. The molecule has 2 N–H and O–H groups in total. The van der Waals surface area contributed by atoms with Crippen molar-refractivity contribution in [2.24, 2.45) is 0 Å². The number of carbonyl (C=O) groups excluding carboxylic acids is 1. The molecule has 0 saturated heterocycles. The lowest BCUT2D eigenvalue weighted by Gasteiger charge is -2.10. The second-order valence-electron chi connectivity index (χ2n) is 5.06. The van der Waals surface area contributed by atoms with E-state index in [9.17, 15) is 18.0 Å². The summed E-state index contributed by atoms with van der Waals surface area (Å²) in [6.07, 6.45) is -3.78. The van der Waals surface area contributed by atoms with E-state index in [1.165, 1.54) is 12.1 Å². The van der Waals surface area contributed by atoms with E-state index in [4.69, 9.17) is 4.74 Å². The Balaban J connectivity index is 1.80. The number of alkyl halides is 3. The Bertz CT molecular complexity index is 685. The Hall–Kier alpha value is -2.70. The summed E-state index contributed by atoms with van der Waals surface area (Å²) in [6.45, 7) is 0.389. The van der Waals surface area contributed by atoms with Crippen molar-refractivity contribution in [3.63, 3.8) is 0 Å². The largest absolute Gasteiger partial charge is 0.497 e. The molecule has 0 aliphatic carbocycles. The van der Waals surface area contributed by atoms with Gasteiger partial charge in [-0.2, -0.15) is 13.2 Å². The smallest absolute Gasteiger partial charge is 0.416 e. The van der Waals surface area contributed by atoms with Gasteiger partial charge in [-0.05, 0) is 48.4 Å². The number of halogens is 3. The molecule has 0 aliphatic rings. The molecule has 0 atom stereocenters. The summed E-state index contributed by atoms with van der Waals surface area (Å²) >= 11 is 0. The van der Waals surface area contributed by atoms with Crippen LogP contribution in [0.4, 0.5) is 23.7 Å². The van der Waals surface area contributed by atoms with Crippen molar-refractivity contribution in [3.05, 3.63) is 59.7 Å². The third-order valence-corrected chi connectivity index (χ3v) is 3.30. The molecule has 7 heteroatoms. The minimum absolute atomic E-state index is 0.293. The molecule has 0 aliphatic heterocycles. The van der Waals surface area contributed by atoms with Crippen LogP contribution in [0.2, 0.25) is 0 Å². The van der Waals surface area contributed by atoms with E-state index >= 15 is 0 Å². The third kappa shape index (κ3) is 5.19. The van der Waals surface area contributed by atoms with Crippen LogP contribution < -0.4 is 15.4 Å². The molecule has 0 radical (unpaired) electrons. The van der Waals surface area contributed by atoms with E-state index in [0.29, 0.717) is 18.7 Å². The summed E-state index contributed by atoms with van der Waals surface area (Å²) in [5.41, 5.74) is 0.539. The van der Waals surface area contributed by atoms with Crippen LogP contribution in [-0.2, 0) is 12.6 Å². The molecule has 2 amide bonds. The van der Waals surface area contributed by atoms with Crippen LogP contribution >= 0.6 is 0 Å². The Kier molecular flexibility index (Phi) is 5.68. The summed E-state index contributed by atoms with van der Waals surface area (Å²) < 4.78 is 42.5. The predicted molar refractivity (Wildman–Crippen MR) is 85.2 cm³/mol. The fourth-order valence-electron chi connectivity index (χ4n) is 2.07. The molecule has 4 nitrogen and oxygen atoms in total. The minimum Gasteiger partial charge on any atom is -0.497 e. The number of hydrogen-bond donors (Lipinski definition) is 2. The van der Waals surface area contributed by atoms with Gasteiger partial charge in [0.1, 0.15) is 5.75 Å². The number of ether oxygens (including phenoxy) is 1. The average molecular weight is 338 g/mol. The highest BCUT2D eigenvalue weighted by molar-refractivity contribution is 5.89. The Labute approximate surface area is 137 Å². The summed E-state index contributed by atoms with van der Waals surface area (Å²) in [4.78, 5) is 11.7. The molecule has 0 heterocycles. The van der Waals surface area contributed by atoms with Gasteiger partial charge in [0.05, 0.1) is 12.7 Å². The van der Waals surface area contributed by atoms with Gasteiger partial charge in [-0.3, -0.25) is 0 Å². The summed E-state index contributed by atoms with van der Waals surface area (Å²) in [5, 5.41) is 5.14. The number of urea groups is 1. The number of carbonyl (C=O) groups is 1. The van der Waals surface area contributed by atoms with Crippen LogP contribution in [0.25, 0.3) is 0 Å². The van der Waals surface area contributed by atoms with Crippen LogP contribution in [-0.4, -0.2) is 19.7 Å².